The first-order valence-electron chi connectivity index (χ1n) is 4.97. The van der Waals surface area contributed by atoms with E-state index in [-0.39, 0.29) is 0 Å². The molecule has 0 radical (unpaired) electrons. The Hall–Kier alpha value is -1.16. The van der Waals surface area contributed by atoms with Crippen molar-refractivity contribution in [1.82, 2.24) is 9.55 Å². The van der Waals surface area contributed by atoms with E-state index in [0.29, 0.717) is 0 Å². The van der Waals surface area contributed by atoms with Crippen LogP contribution >= 0.6 is 11.8 Å². The van der Waals surface area contributed by atoms with Gasteiger partial charge in [-0.1, -0.05) is 18.7 Å². The minimum Gasteiger partial charge on any atom is -0.468 e. The maximum absolute atomic E-state index is 5.27. The summed E-state index contributed by atoms with van der Waals surface area (Å²) in [4.78, 5) is 4.37. The van der Waals surface area contributed by atoms with Crippen LogP contribution in [0.2, 0.25) is 0 Å². The molecule has 4 heteroatoms. The lowest BCUT2D eigenvalue weighted by Crippen LogP contribution is -1.96. The van der Waals surface area contributed by atoms with Crippen molar-refractivity contribution in [2.75, 3.05) is 0 Å². The quantitative estimate of drug-likeness (QED) is 0.745. The Morgan fingerprint density at radius 2 is 2.40 bits per heavy atom. The number of hydrogen-bond acceptors (Lipinski definition) is 3. The molecule has 0 saturated carbocycles. The third-order valence-corrected chi connectivity index (χ3v) is 3.39. The van der Waals surface area contributed by atoms with Crippen molar-refractivity contribution in [3.63, 3.8) is 0 Å². The van der Waals surface area contributed by atoms with Crippen LogP contribution in [0.1, 0.15) is 18.4 Å². The highest BCUT2D eigenvalue weighted by Gasteiger charge is 2.06. The van der Waals surface area contributed by atoms with E-state index in [0.717, 1.165) is 23.1 Å². The molecule has 15 heavy (non-hydrogen) atoms. The zero-order valence-corrected chi connectivity index (χ0v) is 9.75. The minimum absolute atomic E-state index is 0.834. The van der Waals surface area contributed by atoms with E-state index in [1.54, 1.807) is 18.0 Å². The summed E-state index contributed by atoms with van der Waals surface area (Å²) >= 11 is 1.70. The van der Waals surface area contributed by atoms with Crippen LogP contribution in [0.25, 0.3) is 0 Å². The van der Waals surface area contributed by atoms with E-state index in [2.05, 4.69) is 23.5 Å². The molecule has 0 atom stereocenters. The number of thioether (sulfide) groups is 1. The van der Waals surface area contributed by atoms with Crippen molar-refractivity contribution >= 4 is 11.8 Å². The number of aryl methyl sites for hydroxylation is 1. The standard InChI is InChI=1S/C11H14N2OS/c1-3-9-7-12-11(13(9)2)15-8-10-5-4-6-14-10/h4-7H,3,8H2,1-2H3. The second kappa shape index (κ2) is 4.57. The van der Waals surface area contributed by atoms with Gasteiger partial charge in [-0.15, -0.1) is 0 Å². The van der Waals surface area contributed by atoms with Crippen molar-refractivity contribution < 1.29 is 4.42 Å². The van der Waals surface area contributed by atoms with Crippen LogP contribution in [-0.2, 0) is 19.2 Å². The van der Waals surface area contributed by atoms with Gasteiger partial charge >= 0.3 is 0 Å². The topological polar surface area (TPSA) is 31.0 Å². The molecular weight excluding hydrogens is 208 g/mol. The van der Waals surface area contributed by atoms with Gasteiger partial charge in [0.05, 0.1) is 12.0 Å². The van der Waals surface area contributed by atoms with Gasteiger partial charge in [-0.2, -0.15) is 0 Å². The van der Waals surface area contributed by atoms with Gasteiger partial charge < -0.3 is 8.98 Å². The van der Waals surface area contributed by atoms with Crippen molar-refractivity contribution in [3.05, 3.63) is 36.0 Å². The highest BCUT2D eigenvalue weighted by Crippen LogP contribution is 2.22. The van der Waals surface area contributed by atoms with E-state index >= 15 is 0 Å². The van der Waals surface area contributed by atoms with Gasteiger partial charge in [0.15, 0.2) is 5.16 Å². The van der Waals surface area contributed by atoms with Gasteiger partial charge in [0.2, 0.25) is 0 Å². The summed E-state index contributed by atoms with van der Waals surface area (Å²) in [5.41, 5.74) is 1.26. The fraction of sp³-hybridized carbons (Fsp3) is 0.364. The molecule has 0 aromatic carbocycles. The Bertz CT molecular complexity index is 420. The Morgan fingerprint density at radius 1 is 1.53 bits per heavy atom. The van der Waals surface area contributed by atoms with Gasteiger partial charge in [0.1, 0.15) is 5.76 Å². The fourth-order valence-corrected chi connectivity index (χ4v) is 2.29. The van der Waals surface area contributed by atoms with Gasteiger partial charge in [-0.3, -0.25) is 0 Å². The number of furan rings is 1. The number of hydrogen-bond donors (Lipinski definition) is 0. The molecule has 0 aliphatic heterocycles. The molecule has 0 spiro atoms. The molecular formula is C11H14N2OS. The van der Waals surface area contributed by atoms with Crippen LogP contribution in [0.3, 0.4) is 0 Å². The largest absolute Gasteiger partial charge is 0.468 e. The first-order valence-corrected chi connectivity index (χ1v) is 5.95. The summed E-state index contributed by atoms with van der Waals surface area (Å²) in [5.74, 6) is 1.82. The molecule has 2 rings (SSSR count). The van der Waals surface area contributed by atoms with Gasteiger partial charge in [-0.05, 0) is 18.6 Å². The number of imidazole rings is 1. The Balaban J connectivity index is 2.02. The molecule has 0 aliphatic carbocycles. The molecule has 3 nitrogen and oxygen atoms in total. The molecule has 2 aromatic rings. The molecule has 0 unspecified atom stereocenters. The summed E-state index contributed by atoms with van der Waals surface area (Å²) in [6.45, 7) is 2.14. The van der Waals surface area contributed by atoms with Crippen LogP contribution < -0.4 is 0 Å². The molecule has 80 valence electrons. The molecule has 0 N–H and O–H groups in total. The fourth-order valence-electron chi connectivity index (χ4n) is 1.42. The van der Waals surface area contributed by atoms with E-state index in [1.165, 1.54) is 5.69 Å². The Labute approximate surface area is 93.5 Å². The van der Waals surface area contributed by atoms with Crippen LogP contribution in [0.5, 0.6) is 0 Å². The molecule has 0 aliphatic rings. The molecule has 0 bridgehead atoms. The van der Waals surface area contributed by atoms with Crippen LogP contribution in [-0.4, -0.2) is 9.55 Å². The molecule has 0 fully saturated rings. The summed E-state index contributed by atoms with van der Waals surface area (Å²) in [6, 6.07) is 3.89. The summed E-state index contributed by atoms with van der Waals surface area (Å²) in [5, 5.41) is 1.04. The lowest BCUT2D eigenvalue weighted by Gasteiger charge is -2.02. The first-order chi connectivity index (χ1) is 7.31. The Morgan fingerprint density at radius 3 is 3.00 bits per heavy atom. The molecule has 2 heterocycles. The van der Waals surface area contributed by atoms with Crippen molar-refractivity contribution in [2.24, 2.45) is 7.05 Å². The number of nitrogens with zero attached hydrogens (tertiary/aromatic N) is 2. The SMILES string of the molecule is CCc1cnc(SCc2ccco2)n1C. The van der Waals surface area contributed by atoms with Gasteiger partial charge in [0.25, 0.3) is 0 Å². The second-order valence-electron chi connectivity index (χ2n) is 3.31. The number of rotatable bonds is 4. The third-order valence-electron chi connectivity index (χ3n) is 2.33. The lowest BCUT2D eigenvalue weighted by atomic mass is 10.4. The normalized spacial score (nSPS) is 10.8. The third kappa shape index (κ3) is 2.26. The summed E-state index contributed by atoms with van der Waals surface area (Å²) in [6.07, 6.45) is 4.65. The predicted molar refractivity (Wildman–Crippen MR) is 60.9 cm³/mol. The maximum Gasteiger partial charge on any atom is 0.168 e. The van der Waals surface area contributed by atoms with Crippen molar-refractivity contribution in [2.45, 2.75) is 24.3 Å². The van der Waals surface area contributed by atoms with E-state index in [1.807, 2.05) is 18.3 Å². The number of aromatic nitrogens is 2. The summed E-state index contributed by atoms with van der Waals surface area (Å²) < 4.78 is 7.40. The van der Waals surface area contributed by atoms with Crippen LogP contribution in [0.15, 0.2) is 34.2 Å². The van der Waals surface area contributed by atoms with Crippen LogP contribution in [0, 0.1) is 0 Å². The zero-order valence-electron chi connectivity index (χ0n) is 8.93. The van der Waals surface area contributed by atoms with E-state index < -0.39 is 0 Å². The zero-order chi connectivity index (χ0) is 10.7. The van der Waals surface area contributed by atoms with Crippen molar-refractivity contribution in [3.8, 4) is 0 Å². The molecule has 2 aromatic heterocycles. The average molecular weight is 222 g/mol. The van der Waals surface area contributed by atoms with E-state index in [9.17, 15) is 0 Å². The first kappa shape index (κ1) is 10.4. The lowest BCUT2D eigenvalue weighted by molar-refractivity contribution is 0.530. The maximum atomic E-state index is 5.27. The predicted octanol–water partition coefficient (Wildman–Crippen LogP) is 2.87. The molecule has 0 saturated heterocycles. The average Bonchev–Trinajstić information content (AvgIpc) is 2.85. The Kier molecular flexibility index (Phi) is 3.16. The van der Waals surface area contributed by atoms with Crippen LogP contribution in [0.4, 0.5) is 0 Å². The van der Waals surface area contributed by atoms with Crippen molar-refractivity contribution in [1.29, 1.82) is 0 Å². The monoisotopic (exact) mass is 222 g/mol. The highest BCUT2D eigenvalue weighted by molar-refractivity contribution is 7.98. The summed E-state index contributed by atoms with van der Waals surface area (Å²) in [7, 11) is 2.05. The minimum atomic E-state index is 0.834. The van der Waals surface area contributed by atoms with Gasteiger partial charge in [0, 0.05) is 18.9 Å². The smallest absolute Gasteiger partial charge is 0.168 e. The van der Waals surface area contributed by atoms with E-state index in [4.69, 9.17) is 4.42 Å². The second-order valence-corrected chi connectivity index (χ2v) is 4.26. The molecule has 0 amide bonds. The highest BCUT2D eigenvalue weighted by atomic mass is 32.2. The van der Waals surface area contributed by atoms with Gasteiger partial charge in [-0.25, -0.2) is 4.98 Å².